The minimum absolute atomic E-state index is 0.0221. The van der Waals surface area contributed by atoms with Crippen molar-refractivity contribution in [3.8, 4) is 11.8 Å². The summed E-state index contributed by atoms with van der Waals surface area (Å²) in [5, 5.41) is 7.78. The summed E-state index contributed by atoms with van der Waals surface area (Å²) in [5.74, 6) is -2.55. The highest BCUT2D eigenvalue weighted by atomic mass is 35.5. The van der Waals surface area contributed by atoms with Gasteiger partial charge in [-0.15, -0.1) is 4.41 Å². The zero-order chi connectivity index (χ0) is 27.5. The highest BCUT2D eigenvalue weighted by Crippen LogP contribution is 2.42. The van der Waals surface area contributed by atoms with Crippen molar-refractivity contribution in [2.24, 2.45) is 17.6 Å². The number of sulfonamides is 1. The van der Waals surface area contributed by atoms with E-state index in [-0.39, 0.29) is 34.2 Å². The second-order valence-corrected chi connectivity index (χ2v) is 10.9. The number of hydrazine groups is 1. The van der Waals surface area contributed by atoms with Crippen molar-refractivity contribution in [3.63, 3.8) is 0 Å². The fourth-order valence-electron chi connectivity index (χ4n) is 3.76. The van der Waals surface area contributed by atoms with Crippen LogP contribution in [0, 0.1) is 17.2 Å². The van der Waals surface area contributed by atoms with E-state index < -0.39 is 39.2 Å². The number of amides is 1. The number of methoxy groups -OCH3 is 3. The normalized spacial score (nSPS) is 15.8. The molecule has 1 fully saturated rings. The largest absolute Gasteiger partial charge is 0.479 e. The Kier molecular flexibility index (Phi) is 8.71. The van der Waals surface area contributed by atoms with Crippen LogP contribution in [0.4, 0.5) is 5.69 Å². The maximum Gasteiger partial charge on any atom is 0.261 e. The van der Waals surface area contributed by atoms with Crippen LogP contribution in [0.3, 0.4) is 0 Å². The van der Waals surface area contributed by atoms with E-state index in [1.54, 1.807) is 6.92 Å². The Morgan fingerprint density at radius 3 is 2.08 bits per heavy atom. The molecule has 0 unspecified atom stereocenters. The molecule has 1 amide bonds. The minimum atomic E-state index is -4.67. The van der Waals surface area contributed by atoms with Crippen LogP contribution < -0.4 is 20.2 Å². The Morgan fingerprint density at radius 1 is 1.11 bits per heavy atom. The first-order valence-corrected chi connectivity index (χ1v) is 13.0. The van der Waals surface area contributed by atoms with E-state index in [4.69, 9.17) is 37.0 Å². The molecular formula is C21H29ClN8O6S. The average Bonchev–Trinajstić information content (AvgIpc) is 3.72. The molecule has 3 atom stereocenters. The number of carbonyl (C=O) groups excluding carboxylic acids is 1. The van der Waals surface area contributed by atoms with Gasteiger partial charge < -0.3 is 19.9 Å². The number of aromatic nitrogens is 4. The molecule has 202 valence electrons. The van der Waals surface area contributed by atoms with Crippen molar-refractivity contribution < 1.29 is 27.4 Å². The summed E-state index contributed by atoms with van der Waals surface area (Å²) >= 11 is 5.87. The number of carbonyl (C=O) groups is 1. The number of hydrogen-bond donors (Lipinski definition) is 2. The lowest BCUT2D eigenvalue weighted by Crippen LogP contribution is -2.59. The smallest absolute Gasteiger partial charge is 0.261 e. The number of nitrogens with two attached hydrogens (primary N) is 1. The Morgan fingerprint density at radius 2 is 1.65 bits per heavy atom. The van der Waals surface area contributed by atoms with Gasteiger partial charge in [0.2, 0.25) is 23.6 Å². The lowest BCUT2D eigenvalue weighted by molar-refractivity contribution is -0.124. The van der Waals surface area contributed by atoms with E-state index in [9.17, 15) is 13.2 Å². The van der Waals surface area contributed by atoms with Crippen molar-refractivity contribution >= 4 is 39.2 Å². The van der Waals surface area contributed by atoms with Crippen LogP contribution in [0.2, 0.25) is 5.02 Å². The second kappa shape index (κ2) is 11.4. The molecule has 2 heterocycles. The van der Waals surface area contributed by atoms with E-state index >= 15 is 0 Å². The van der Waals surface area contributed by atoms with Gasteiger partial charge >= 0.3 is 0 Å². The highest BCUT2D eigenvalue weighted by Gasteiger charge is 2.47. The maximum atomic E-state index is 14.1. The summed E-state index contributed by atoms with van der Waals surface area (Å²) in [6.07, 6.45) is 4.09. The molecule has 3 N–H and O–H groups in total. The number of guanidine groups is 1. The van der Waals surface area contributed by atoms with Crippen LogP contribution in [-0.2, 0) is 19.6 Å². The molecule has 16 heteroatoms. The van der Waals surface area contributed by atoms with Gasteiger partial charge in [0.05, 0.1) is 19.2 Å². The standard InChI is InChI=1S/C21H29ClN8O6S/c1-11(13-6-7-13)20(31)29(15-18(35-4)27-10-28-19(15)36-5)30(21(23)24)37(32,33)12(2)16(34-3)17-25-8-14(22)9-26-17/h8-13,16H,6-7H2,1-5H3,(H3,23,24)/t11-,12-,16-/m0/s1. The molecule has 3 rings (SSSR count). The molecular weight excluding hydrogens is 528 g/mol. The van der Waals surface area contributed by atoms with Gasteiger partial charge in [-0.3, -0.25) is 10.2 Å². The van der Waals surface area contributed by atoms with E-state index in [0.717, 1.165) is 24.2 Å². The zero-order valence-electron chi connectivity index (χ0n) is 21.0. The van der Waals surface area contributed by atoms with E-state index in [0.29, 0.717) is 4.41 Å². The van der Waals surface area contributed by atoms with Gasteiger partial charge in [0, 0.05) is 25.4 Å². The maximum absolute atomic E-state index is 14.1. The van der Waals surface area contributed by atoms with E-state index in [1.807, 2.05) is 0 Å². The molecule has 2 aromatic heterocycles. The first-order chi connectivity index (χ1) is 17.5. The first-order valence-electron chi connectivity index (χ1n) is 11.1. The van der Waals surface area contributed by atoms with Crippen LogP contribution in [-0.4, -0.2) is 71.2 Å². The third-order valence-corrected chi connectivity index (χ3v) is 8.18. The average molecular weight is 557 g/mol. The summed E-state index contributed by atoms with van der Waals surface area (Å²) in [6, 6.07) is 0. The number of anilines is 1. The fourth-order valence-corrected chi connectivity index (χ4v) is 5.38. The molecule has 1 aliphatic rings. The molecule has 0 aromatic carbocycles. The SMILES string of the molecule is COc1ncnc(OC)c1N(C(=O)[C@@H](C)C1CC1)N(C(=N)N)S(=O)(=O)[C@@H](C)[C@H](OC)c1ncc(Cl)cn1. The van der Waals surface area contributed by atoms with Crippen LogP contribution in [0.15, 0.2) is 18.7 Å². The van der Waals surface area contributed by atoms with Crippen molar-refractivity contribution in [2.45, 2.75) is 38.0 Å². The monoisotopic (exact) mass is 556 g/mol. The second-order valence-electron chi connectivity index (χ2n) is 8.31. The molecule has 37 heavy (non-hydrogen) atoms. The molecule has 0 aliphatic heterocycles. The molecule has 1 aliphatic carbocycles. The molecule has 0 spiro atoms. The lowest BCUT2D eigenvalue weighted by atomic mass is 10.1. The van der Waals surface area contributed by atoms with E-state index in [1.165, 1.54) is 40.6 Å². The Labute approximate surface area is 219 Å². The topological polar surface area (TPSA) is 187 Å². The molecule has 0 radical (unpaired) electrons. The Hall–Kier alpha value is -3.30. The first kappa shape index (κ1) is 28.3. The van der Waals surface area contributed by atoms with Crippen molar-refractivity contribution in [2.75, 3.05) is 26.3 Å². The molecule has 14 nitrogen and oxygen atoms in total. The van der Waals surface area contributed by atoms with Gasteiger partial charge in [-0.05, 0) is 25.7 Å². The van der Waals surface area contributed by atoms with Gasteiger partial charge in [0.25, 0.3) is 10.0 Å². The molecule has 0 saturated heterocycles. The number of nitrogens with one attached hydrogen (secondary N) is 1. The van der Waals surface area contributed by atoms with E-state index in [2.05, 4.69) is 19.9 Å². The number of halogens is 1. The lowest BCUT2D eigenvalue weighted by Gasteiger charge is -2.38. The summed E-state index contributed by atoms with van der Waals surface area (Å²) in [5.41, 5.74) is 5.61. The molecule has 0 bridgehead atoms. The molecule has 1 saturated carbocycles. The Balaban J connectivity index is 2.20. The minimum Gasteiger partial charge on any atom is -0.479 e. The van der Waals surface area contributed by atoms with Gasteiger partial charge in [0.15, 0.2) is 11.5 Å². The highest BCUT2D eigenvalue weighted by molar-refractivity contribution is 7.90. The van der Waals surface area contributed by atoms with Crippen molar-refractivity contribution in [1.29, 1.82) is 5.41 Å². The van der Waals surface area contributed by atoms with Gasteiger partial charge in [0.1, 0.15) is 17.7 Å². The summed E-state index contributed by atoms with van der Waals surface area (Å²) in [6.45, 7) is 2.99. The summed E-state index contributed by atoms with van der Waals surface area (Å²) in [7, 11) is -0.819. The van der Waals surface area contributed by atoms with Gasteiger partial charge in [-0.25, -0.2) is 18.4 Å². The zero-order valence-corrected chi connectivity index (χ0v) is 22.5. The summed E-state index contributed by atoms with van der Waals surface area (Å²) in [4.78, 5) is 30.0. The number of nitrogens with zero attached hydrogens (tertiary/aromatic N) is 6. The predicted molar refractivity (Wildman–Crippen MR) is 133 cm³/mol. The van der Waals surface area contributed by atoms with Crippen LogP contribution in [0.25, 0.3) is 0 Å². The Bertz CT molecular complexity index is 1220. The van der Waals surface area contributed by atoms with Gasteiger partial charge in [-0.1, -0.05) is 18.5 Å². The summed E-state index contributed by atoms with van der Waals surface area (Å²) < 4.78 is 44.6. The van der Waals surface area contributed by atoms with Crippen molar-refractivity contribution in [3.05, 3.63) is 29.6 Å². The third-order valence-electron chi connectivity index (χ3n) is 5.95. The number of hydrogen-bond acceptors (Lipinski definition) is 11. The number of rotatable bonds is 10. The quantitative estimate of drug-likeness (QED) is 0.245. The predicted octanol–water partition coefficient (Wildman–Crippen LogP) is 1.53. The van der Waals surface area contributed by atoms with Crippen molar-refractivity contribution in [1.82, 2.24) is 24.4 Å². The number of ether oxygens (including phenoxy) is 3. The van der Waals surface area contributed by atoms with Crippen LogP contribution >= 0.6 is 11.6 Å². The third kappa shape index (κ3) is 5.67. The van der Waals surface area contributed by atoms with Crippen LogP contribution in [0.5, 0.6) is 11.8 Å². The van der Waals surface area contributed by atoms with Crippen LogP contribution in [0.1, 0.15) is 38.6 Å². The molecule has 2 aromatic rings. The van der Waals surface area contributed by atoms with Gasteiger partial charge in [-0.2, -0.15) is 15.0 Å². The fraction of sp³-hybridized carbons (Fsp3) is 0.524.